The van der Waals surface area contributed by atoms with Crippen LogP contribution in [0.25, 0.3) is 0 Å². The smallest absolute Gasteiger partial charge is 0.222 e. The van der Waals surface area contributed by atoms with E-state index in [-0.39, 0.29) is 12.2 Å². The van der Waals surface area contributed by atoms with Gasteiger partial charge in [0.2, 0.25) is 5.91 Å². The third kappa shape index (κ3) is 4.54. The Hall–Kier alpha value is -0.870. The minimum Gasteiger partial charge on any atom is -0.393 e. The highest BCUT2D eigenvalue weighted by molar-refractivity contribution is 5.76. The molecule has 1 aliphatic heterocycles. The molecule has 2 N–H and O–H groups in total. The fourth-order valence-corrected chi connectivity index (χ4v) is 9.96. The first-order valence-electron chi connectivity index (χ1n) is 15.0. The summed E-state index contributed by atoms with van der Waals surface area (Å²) in [5.41, 5.74) is 2.32. The molecule has 0 aromatic rings. The summed E-state index contributed by atoms with van der Waals surface area (Å²) < 4.78 is 0. The van der Waals surface area contributed by atoms with Crippen molar-refractivity contribution in [2.75, 3.05) is 13.1 Å². The van der Waals surface area contributed by atoms with Crippen LogP contribution >= 0.6 is 0 Å². The molecule has 0 aromatic carbocycles. The lowest BCUT2D eigenvalue weighted by Crippen LogP contribution is -2.50. The summed E-state index contributed by atoms with van der Waals surface area (Å²) in [7, 11) is 0. The number of aliphatic hydroxyl groups excluding tert-OH is 2. The molecule has 0 radical (unpaired) electrons. The Morgan fingerprint density at radius 1 is 1.06 bits per heavy atom. The highest BCUT2D eigenvalue weighted by atomic mass is 16.3. The molecule has 1 saturated heterocycles. The van der Waals surface area contributed by atoms with Crippen LogP contribution < -0.4 is 0 Å². The van der Waals surface area contributed by atoms with Crippen molar-refractivity contribution in [3.8, 4) is 0 Å². The maximum absolute atomic E-state index is 13.0. The monoisotopic (exact) mass is 485 g/mol. The molecular formula is C31H51NO3. The van der Waals surface area contributed by atoms with Crippen LogP contribution in [0.1, 0.15) is 105 Å². The molecule has 0 bridgehead atoms. The van der Waals surface area contributed by atoms with E-state index < -0.39 is 0 Å². The Labute approximate surface area is 213 Å². The normalized spacial score (nSPS) is 43.5. The highest BCUT2D eigenvalue weighted by Crippen LogP contribution is 2.67. The van der Waals surface area contributed by atoms with Gasteiger partial charge in [0.15, 0.2) is 0 Å². The molecule has 5 rings (SSSR count). The van der Waals surface area contributed by atoms with Crippen molar-refractivity contribution in [3.05, 3.63) is 11.6 Å². The van der Waals surface area contributed by atoms with Crippen LogP contribution in [0.15, 0.2) is 11.6 Å². The quantitative estimate of drug-likeness (QED) is 0.472. The number of carbonyl (C=O) groups is 1. The number of likely N-dealkylation sites (tertiary alicyclic amines) is 1. The Balaban J connectivity index is 1.19. The second kappa shape index (κ2) is 9.78. The van der Waals surface area contributed by atoms with Gasteiger partial charge >= 0.3 is 0 Å². The molecule has 4 heteroatoms. The maximum Gasteiger partial charge on any atom is 0.222 e. The van der Waals surface area contributed by atoms with Crippen molar-refractivity contribution >= 4 is 5.91 Å². The summed E-state index contributed by atoms with van der Waals surface area (Å²) in [6.07, 6.45) is 15.5. The molecule has 5 aliphatic rings. The van der Waals surface area contributed by atoms with Crippen LogP contribution in [0.2, 0.25) is 0 Å². The Kier molecular flexibility index (Phi) is 7.20. The van der Waals surface area contributed by atoms with Crippen molar-refractivity contribution in [1.29, 1.82) is 0 Å². The minimum atomic E-state index is -0.253. The van der Waals surface area contributed by atoms with Crippen LogP contribution in [0.5, 0.6) is 0 Å². The summed E-state index contributed by atoms with van der Waals surface area (Å²) in [6, 6.07) is 0. The Morgan fingerprint density at radius 3 is 2.51 bits per heavy atom. The fourth-order valence-electron chi connectivity index (χ4n) is 9.96. The van der Waals surface area contributed by atoms with E-state index in [2.05, 4.69) is 31.7 Å². The topological polar surface area (TPSA) is 60.8 Å². The summed E-state index contributed by atoms with van der Waals surface area (Å²) in [5.74, 6) is 4.48. The number of carbonyl (C=O) groups excluding carboxylic acids is 1. The molecule has 1 heterocycles. The highest BCUT2D eigenvalue weighted by Gasteiger charge is 2.59. The number of hydrogen-bond acceptors (Lipinski definition) is 3. The van der Waals surface area contributed by atoms with Crippen molar-refractivity contribution in [1.82, 2.24) is 4.90 Å². The summed E-state index contributed by atoms with van der Waals surface area (Å²) in [5, 5.41) is 20.1. The average Bonchev–Trinajstić information content (AvgIpc) is 3.20. The molecule has 9 atom stereocenters. The van der Waals surface area contributed by atoms with Gasteiger partial charge in [0.1, 0.15) is 0 Å². The third-order valence-corrected chi connectivity index (χ3v) is 12.2. The lowest BCUT2D eigenvalue weighted by atomic mass is 9.47. The molecule has 4 aliphatic carbocycles. The number of allylic oxidation sites excluding steroid dienone is 1. The van der Waals surface area contributed by atoms with E-state index in [0.29, 0.717) is 35.0 Å². The molecule has 1 amide bonds. The van der Waals surface area contributed by atoms with Gasteiger partial charge in [-0.15, -0.1) is 0 Å². The minimum absolute atomic E-state index is 0.122. The van der Waals surface area contributed by atoms with Crippen LogP contribution in [-0.4, -0.2) is 46.3 Å². The molecule has 3 saturated carbocycles. The van der Waals surface area contributed by atoms with Crippen LogP contribution in [0.4, 0.5) is 0 Å². The van der Waals surface area contributed by atoms with Crippen LogP contribution in [0.3, 0.4) is 0 Å². The predicted octanol–water partition coefficient (Wildman–Crippen LogP) is 5.96. The van der Waals surface area contributed by atoms with Gasteiger partial charge in [0.25, 0.3) is 0 Å². The molecule has 35 heavy (non-hydrogen) atoms. The van der Waals surface area contributed by atoms with Crippen molar-refractivity contribution in [2.24, 2.45) is 46.3 Å². The third-order valence-electron chi connectivity index (χ3n) is 12.2. The van der Waals surface area contributed by atoms with Gasteiger partial charge in [-0.1, -0.05) is 32.4 Å². The molecule has 0 aromatic heterocycles. The molecule has 4 nitrogen and oxygen atoms in total. The Morgan fingerprint density at radius 2 is 1.80 bits per heavy atom. The van der Waals surface area contributed by atoms with Gasteiger partial charge < -0.3 is 15.1 Å². The zero-order chi connectivity index (χ0) is 25.0. The van der Waals surface area contributed by atoms with Crippen molar-refractivity contribution < 1.29 is 15.0 Å². The van der Waals surface area contributed by atoms with E-state index in [1.165, 1.54) is 38.5 Å². The molecular weight excluding hydrogens is 434 g/mol. The molecule has 1 unspecified atom stereocenters. The van der Waals surface area contributed by atoms with Gasteiger partial charge in [0, 0.05) is 19.5 Å². The van der Waals surface area contributed by atoms with Gasteiger partial charge in [0.05, 0.1) is 12.2 Å². The standard InChI is InChI=1S/C31H51NO3/c1-20(5-10-29(35)32-17-13-22(14-18-32)21(2)33)26-8-9-27-25-7-6-23-19-24(34)11-15-30(23,3)28(25)12-16-31(26,27)4/h6,20-22,24-28,33-34H,5,7-19H2,1-4H3/t20-,21?,24+,25+,26-,27+,28+,30+,31-/m1/s1. The van der Waals surface area contributed by atoms with E-state index in [0.717, 1.165) is 68.9 Å². The maximum atomic E-state index is 13.0. The molecule has 4 fully saturated rings. The number of rotatable bonds is 5. The van der Waals surface area contributed by atoms with E-state index in [1.54, 1.807) is 5.57 Å². The number of nitrogens with zero attached hydrogens (tertiary/aromatic N) is 1. The molecule has 0 spiro atoms. The number of fused-ring (bicyclic) bond motifs is 5. The summed E-state index contributed by atoms with van der Waals surface area (Å²) >= 11 is 0. The van der Waals surface area contributed by atoms with E-state index in [1.807, 2.05) is 6.92 Å². The second-order valence-electron chi connectivity index (χ2n) is 13.9. The largest absolute Gasteiger partial charge is 0.393 e. The number of hydrogen-bond donors (Lipinski definition) is 2. The van der Waals surface area contributed by atoms with E-state index in [4.69, 9.17) is 0 Å². The average molecular weight is 486 g/mol. The Bertz CT molecular complexity index is 814. The van der Waals surface area contributed by atoms with Gasteiger partial charge in [-0.2, -0.15) is 0 Å². The second-order valence-corrected chi connectivity index (χ2v) is 13.9. The number of amides is 1. The first kappa shape index (κ1) is 25.8. The number of aliphatic hydroxyl groups is 2. The van der Waals surface area contributed by atoms with Crippen molar-refractivity contribution in [3.63, 3.8) is 0 Å². The molecule has 198 valence electrons. The van der Waals surface area contributed by atoms with Crippen LogP contribution in [-0.2, 0) is 4.79 Å². The van der Waals surface area contributed by atoms with E-state index in [9.17, 15) is 15.0 Å². The number of piperidine rings is 1. The zero-order valence-electron chi connectivity index (χ0n) is 22.8. The SMILES string of the molecule is CC(O)C1CCN(C(=O)CC[C@@H](C)[C@H]2CC[C@H]3[C@@H]4CC=C5C[C@@H](O)CC[C@]5(C)[C@H]4CC[C@]23C)CC1. The van der Waals surface area contributed by atoms with Gasteiger partial charge in [-0.3, -0.25) is 4.79 Å². The zero-order valence-corrected chi connectivity index (χ0v) is 22.8. The lowest BCUT2D eigenvalue weighted by molar-refractivity contribution is -0.133. The van der Waals surface area contributed by atoms with Gasteiger partial charge in [-0.05, 0) is 124 Å². The van der Waals surface area contributed by atoms with Gasteiger partial charge in [-0.25, -0.2) is 0 Å². The van der Waals surface area contributed by atoms with Crippen molar-refractivity contribution in [2.45, 2.75) is 117 Å². The first-order valence-corrected chi connectivity index (χ1v) is 15.0. The van der Waals surface area contributed by atoms with Crippen LogP contribution in [0, 0.1) is 46.3 Å². The van der Waals surface area contributed by atoms with E-state index >= 15 is 0 Å². The summed E-state index contributed by atoms with van der Waals surface area (Å²) in [4.78, 5) is 15.0. The summed E-state index contributed by atoms with van der Waals surface area (Å²) in [6.45, 7) is 11.1. The predicted molar refractivity (Wildman–Crippen MR) is 141 cm³/mol. The lowest BCUT2D eigenvalue weighted by Gasteiger charge is -2.58. The first-order chi connectivity index (χ1) is 16.6. The fraction of sp³-hybridized carbons (Fsp3) is 0.903.